The number of amides is 1. The maximum absolute atomic E-state index is 14.5. The highest BCUT2D eigenvalue weighted by molar-refractivity contribution is 5.96. The molecule has 7 rings (SSSR count). The summed E-state index contributed by atoms with van der Waals surface area (Å²) in [5, 5.41) is 13.9. The number of fused-ring (bicyclic) bond motifs is 3. The van der Waals surface area contributed by atoms with Gasteiger partial charge in [-0.3, -0.25) is 14.3 Å². The molecule has 4 saturated carbocycles. The number of pyridine rings is 1. The molecule has 4 aliphatic carbocycles. The Morgan fingerprint density at radius 3 is 2.24 bits per heavy atom. The first-order chi connectivity index (χ1) is 21.6. The van der Waals surface area contributed by atoms with Gasteiger partial charge in [0.2, 0.25) is 5.91 Å². The standard InChI is InChI=1S/C37H49N5O3/c1-26(2)42-24-30(22-39-42)29-6-5-7-32(21-29)41(35(45)28-10-8-27(9-11-28)20-34(43)44)25-36-14-17-37(18-15-36,19-16-36)31-12-13-33(38-23-31)40(3)4/h5-7,12-13,21-24,26-28H,8-11,14-20,25H2,1-4H3,(H,43,44)/t27-,28-,36?,37?. The third kappa shape index (κ3) is 6.52. The number of carbonyl (C=O) groups is 2. The lowest BCUT2D eigenvalue weighted by Gasteiger charge is -2.55. The van der Waals surface area contributed by atoms with Gasteiger partial charge in [-0.15, -0.1) is 0 Å². The molecule has 0 spiro atoms. The third-order valence-electron chi connectivity index (χ3n) is 11.3. The Balaban J connectivity index is 1.24. The van der Waals surface area contributed by atoms with Crippen LogP contribution in [0.5, 0.6) is 0 Å². The van der Waals surface area contributed by atoms with Crippen molar-refractivity contribution in [3.63, 3.8) is 0 Å². The van der Waals surface area contributed by atoms with Gasteiger partial charge < -0.3 is 14.9 Å². The Morgan fingerprint density at radius 1 is 0.956 bits per heavy atom. The van der Waals surface area contributed by atoms with E-state index in [2.05, 4.69) is 72.6 Å². The lowest BCUT2D eigenvalue weighted by molar-refractivity contribution is -0.138. The molecule has 1 aromatic carbocycles. The third-order valence-corrected chi connectivity index (χ3v) is 11.3. The van der Waals surface area contributed by atoms with Gasteiger partial charge in [-0.2, -0.15) is 5.10 Å². The fourth-order valence-electron chi connectivity index (χ4n) is 8.23. The number of anilines is 2. The number of hydrogen-bond donors (Lipinski definition) is 1. The predicted molar refractivity (Wildman–Crippen MR) is 178 cm³/mol. The van der Waals surface area contributed by atoms with Crippen LogP contribution in [-0.2, 0) is 15.0 Å². The molecule has 1 amide bonds. The van der Waals surface area contributed by atoms with Gasteiger partial charge in [-0.1, -0.05) is 18.2 Å². The minimum atomic E-state index is -0.738. The molecule has 4 aliphatic rings. The second kappa shape index (κ2) is 12.6. The molecule has 2 heterocycles. The maximum Gasteiger partial charge on any atom is 0.303 e. The molecule has 45 heavy (non-hydrogen) atoms. The summed E-state index contributed by atoms with van der Waals surface area (Å²) in [6, 6.07) is 13.1. The Hall–Kier alpha value is -3.68. The fraction of sp³-hybridized carbons (Fsp3) is 0.568. The molecule has 0 aliphatic heterocycles. The summed E-state index contributed by atoms with van der Waals surface area (Å²) in [7, 11) is 4.05. The largest absolute Gasteiger partial charge is 0.481 e. The number of carbonyl (C=O) groups excluding carboxylic acids is 1. The molecule has 3 aromatic rings. The highest BCUT2D eigenvalue weighted by atomic mass is 16.4. The molecule has 2 bridgehead atoms. The van der Waals surface area contributed by atoms with Crippen molar-refractivity contribution in [1.82, 2.24) is 14.8 Å². The normalized spacial score (nSPS) is 26.2. The lowest BCUT2D eigenvalue weighted by atomic mass is 9.52. The second-order valence-electron chi connectivity index (χ2n) is 14.7. The number of benzene rings is 1. The molecule has 8 nitrogen and oxygen atoms in total. The molecular formula is C37H49N5O3. The molecule has 4 fully saturated rings. The van der Waals surface area contributed by atoms with E-state index in [0.29, 0.717) is 0 Å². The summed E-state index contributed by atoms with van der Waals surface area (Å²) in [6.07, 6.45) is 16.2. The fourth-order valence-corrected chi connectivity index (χ4v) is 8.23. The highest BCUT2D eigenvalue weighted by Gasteiger charge is 2.50. The van der Waals surface area contributed by atoms with Crippen LogP contribution >= 0.6 is 0 Å². The first-order valence-electron chi connectivity index (χ1n) is 16.9. The summed E-state index contributed by atoms with van der Waals surface area (Å²) in [5.41, 5.74) is 4.74. The summed E-state index contributed by atoms with van der Waals surface area (Å²) in [5.74, 6) is 0.565. The minimum absolute atomic E-state index is 0.0636. The van der Waals surface area contributed by atoms with E-state index in [1.165, 1.54) is 5.56 Å². The number of aromatic nitrogens is 3. The summed E-state index contributed by atoms with van der Waals surface area (Å²) < 4.78 is 1.97. The smallest absolute Gasteiger partial charge is 0.303 e. The first kappa shape index (κ1) is 31.3. The highest BCUT2D eigenvalue weighted by Crippen LogP contribution is 2.58. The molecule has 1 N–H and O–H groups in total. The van der Waals surface area contributed by atoms with E-state index in [4.69, 9.17) is 4.98 Å². The van der Waals surface area contributed by atoms with Crippen molar-refractivity contribution in [2.45, 2.75) is 95.9 Å². The predicted octanol–water partition coefficient (Wildman–Crippen LogP) is 7.50. The van der Waals surface area contributed by atoms with Gasteiger partial charge in [0.05, 0.1) is 6.20 Å². The average molecular weight is 612 g/mol. The van der Waals surface area contributed by atoms with Crippen LogP contribution in [0, 0.1) is 17.3 Å². The van der Waals surface area contributed by atoms with Gasteiger partial charge in [-0.05, 0) is 124 Å². The van der Waals surface area contributed by atoms with Crippen molar-refractivity contribution in [2.24, 2.45) is 17.3 Å². The Kier molecular flexibility index (Phi) is 8.77. The monoisotopic (exact) mass is 611 g/mol. The van der Waals surface area contributed by atoms with Crippen molar-refractivity contribution in [3.8, 4) is 11.1 Å². The van der Waals surface area contributed by atoms with Gasteiger partial charge in [0.15, 0.2) is 0 Å². The first-order valence-corrected chi connectivity index (χ1v) is 16.9. The van der Waals surface area contributed by atoms with Crippen molar-refractivity contribution in [1.29, 1.82) is 0 Å². The van der Waals surface area contributed by atoms with E-state index in [-0.39, 0.29) is 41.0 Å². The molecular weight excluding hydrogens is 562 g/mol. The minimum Gasteiger partial charge on any atom is -0.481 e. The number of hydrogen-bond acceptors (Lipinski definition) is 5. The summed E-state index contributed by atoms with van der Waals surface area (Å²) >= 11 is 0. The molecule has 0 unspecified atom stereocenters. The maximum atomic E-state index is 14.5. The van der Waals surface area contributed by atoms with E-state index in [9.17, 15) is 14.7 Å². The zero-order chi connectivity index (χ0) is 31.8. The molecule has 2 aromatic heterocycles. The van der Waals surface area contributed by atoms with Gasteiger partial charge in [-0.25, -0.2) is 4.98 Å². The van der Waals surface area contributed by atoms with Crippen LogP contribution in [0.3, 0.4) is 0 Å². The molecule has 0 atom stereocenters. The number of rotatable bonds is 10. The number of carboxylic acids is 1. The van der Waals surface area contributed by atoms with Crippen LogP contribution < -0.4 is 9.80 Å². The van der Waals surface area contributed by atoms with E-state index in [1.54, 1.807) is 0 Å². The van der Waals surface area contributed by atoms with Gasteiger partial charge in [0.1, 0.15) is 5.82 Å². The van der Waals surface area contributed by atoms with Crippen molar-refractivity contribution >= 4 is 23.4 Å². The van der Waals surface area contributed by atoms with E-state index in [1.807, 2.05) is 29.9 Å². The van der Waals surface area contributed by atoms with Crippen LogP contribution in [0.25, 0.3) is 11.1 Å². The number of aliphatic carboxylic acids is 1. The number of nitrogens with zero attached hydrogens (tertiary/aromatic N) is 5. The molecule has 8 heteroatoms. The SMILES string of the molecule is CC(C)n1cc(-c2cccc(N(CC34CCC(c5ccc(N(C)C)nc5)(CC3)CC4)C(=O)[C@H]3CC[C@H](CC(=O)O)CC3)c2)cn1. The zero-order valence-electron chi connectivity index (χ0n) is 27.4. The van der Waals surface area contributed by atoms with Crippen LogP contribution in [0.15, 0.2) is 55.0 Å². The van der Waals surface area contributed by atoms with E-state index in [0.717, 1.165) is 93.4 Å². The molecule has 240 valence electrons. The van der Waals surface area contributed by atoms with Crippen LogP contribution in [0.4, 0.5) is 11.5 Å². The second-order valence-corrected chi connectivity index (χ2v) is 14.7. The molecule has 0 radical (unpaired) electrons. The Morgan fingerprint density at radius 2 is 1.67 bits per heavy atom. The van der Waals surface area contributed by atoms with Gasteiger partial charge in [0, 0.05) is 62.7 Å². The van der Waals surface area contributed by atoms with E-state index >= 15 is 0 Å². The summed E-state index contributed by atoms with van der Waals surface area (Å²) in [6.45, 7) is 4.98. The molecule has 0 saturated heterocycles. The average Bonchev–Trinajstić information content (AvgIpc) is 3.56. The van der Waals surface area contributed by atoms with E-state index < -0.39 is 5.97 Å². The quantitative estimate of drug-likeness (QED) is 0.255. The van der Waals surface area contributed by atoms with Crippen molar-refractivity contribution in [3.05, 3.63) is 60.6 Å². The Bertz CT molecular complexity index is 1480. The Labute approximate surface area is 267 Å². The van der Waals surface area contributed by atoms with Gasteiger partial charge >= 0.3 is 5.97 Å². The van der Waals surface area contributed by atoms with Crippen molar-refractivity contribution in [2.75, 3.05) is 30.4 Å². The zero-order valence-corrected chi connectivity index (χ0v) is 27.4. The van der Waals surface area contributed by atoms with Crippen LogP contribution in [0.2, 0.25) is 0 Å². The van der Waals surface area contributed by atoms with Crippen molar-refractivity contribution < 1.29 is 14.7 Å². The summed E-state index contributed by atoms with van der Waals surface area (Å²) in [4.78, 5) is 34.7. The van der Waals surface area contributed by atoms with Gasteiger partial charge in [0.25, 0.3) is 0 Å². The number of carboxylic acid groups (broad SMARTS) is 1. The topological polar surface area (TPSA) is 91.6 Å². The lowest BCUT2D eigenvalue weighted by Crippen LogP contribution is -2.51. The van der Waals surface area contributed by atoms with Crippen LogP contribution in [0.1, 0.15) is 96.1 Å². The van der Waals surface area contributed by atoms with Crippen LogP contribution in [-0.4, -0.2) is 52.4 Å².